The van der Waals surface area contributed by atoms with E-state index in [4.69, 9.17) is 14.5 Å². The second-order valence-electron chi connectivity index (χ2n) is 9.45. The van der Waals surface area contributed by atoms with Gasteiger partial charge < -0.3 is 24.6 Å². The van der Waals surface area contributed by atoms with Gasteiger partial charge in [0.1, 0.15) is 37.0 Å². The van der Waals surface area contributed by atoms with Gasteiger partial charge in [-0.1, -0.05) is 6.58 Å². The minimum absolute atomic E-state index is 0.0717. The first-order chi connectivity index (χ1) is 18.5. The summed E-state index contributed by atoms with van der Waals surface area (Å²) in [5.74, 6) is 3.47. The number of nitrogens with one attached hydrogen (secondary N) is 1. The monoisotopic (exact) mass is 510 g/mol. The maximum absolute atomic E-state index is 12.3. The Kier molecular flexibility index (Phi) is 5.99. The van der Waals surface area contributed by atoms with Crippen molar-refractivity contribution in [3.05, 3.63) is 73.3 Å². The Morgan fingerprint density at radius 1 is 1.21 bits per heavy atom. The second-order valence-corrected chi connectivity index (χ2v) is 9.45. The number of amides is 1. The van der Waals surface area contributed by atoms with E-state index in [0.717, 1.165) is 28.6 Å². The topological polar surface area (TPSA) is 96.6 Å². The second kappa shape index (κ2) is 9.62. The Morgan fingerprint density at radius 2 is 2.05 bits per heavy atom. The molecule has 1 atom stereocenters. The molecule has 3 aromatic heterocycles. The molecule has 0 aliphatic carbocycles. The van der Waals surface area contributed by atoms with E-state index < -0.39 is 0 Å². The van der Waals surface area contributed by atoms with Crippen LogP contribution in [-0.2, 0) is 11.8 Å². The molecule has 1 N–H and O–H groups in total. The summed E-state index contributed by atoms with van der Waals surface area (Å²) in [5, 5.41) is 3.40. The molecule has 2 bridgehead atoms. The SMILES string of the molecule is C=CC(=O)N1CCN2CC1COc1cc3ncnc(Nc4ccc(Oc5cc[n+](C)cc5)c(C)c4)c3nc12. The van der Waals surface area contributed by atoms with E-state index in [2.05, 4.69) is 26.8 Å². The van der Waals surface area contributed by atoms with Crippen LogP contribution < -0.4 is 24.3 Å². The zero-order valence-corrected chi connectivity index (χ0v) is 21.3. The summed E-state index contributed by atoms with van der Waals surface area (Å²) in [5.41, 5.74) is 3.16. The van der Waals surface area contributed by atoms with Crippen LogP contribution in [0.4, 0.5) is 17.3 Å². The molecular weight excluding hydrogens is 482 g/mol. The van der Waals surface area contributed by atoms with E-state index in [1.54, 1.807) is 0 Å². The molecule has 1 amide bonds. The first-order valence-corrected chi connectivity index (χ1v) is 12.5. The smallest absolute Gasteiger partial charge is 0.246 e. The lowest BCUT2D eigenvalue weighted by Gasteiger charge is -2.39. The third kappa shape index (κ3) is 4.45. The van der Waals surface area contributed by atoms with Crippen molar-refractivity contribution in [2.45, 2.75) is 13.0 Å². The van der Waals surface area contributed by atoms with Crippen molar-refractivity contribution in [1.82, 2.24) is 19.9 Å². The summed E-state index contributed by atoms with van der Waals surface area (Å²) >= 11 is 0. The van der Waals surface area contributed by atoms with E-state index in [1.807, 2.05) is 72.2 Å². The Balaban J connectivity index is 1.27. The maximum atomic E-state index is 12.3. The molecule has 2 aliphatic rings. The van der Waals surface area contributed by atoms with Gasteiger partial charge in [-0.3, -0.25) is 4.79 Å². The fourth-order valence-electron chi connectivity index (χ4n) is 4.83. The van der Waals surface area contributed by atoms with Crippen LogP contribution >= 0.6 is 0 Å². The average molecular weight is 511 g/mol. The number of hydrogen-bond acceptors (Lipinski definition) is 8. The molecule has 1 fully saturated rings. The lowest BCUT2D eigenvalue weighted by Crippen LogP contribution is -2.56. The number of hydrogen-bond donors (Lipinski definition) is 1. The quantitative estimate of drug-likeness (QED) is 0.323. The fourth-order valence-corrected chi connectivity index (χ4v) is 4.83. The van der Waals surface area contributed by atoms with E-state index >= 15 is 0 Å². The normalized spacial score (nSPS) is 16.3. The van der Waals surface area contributed by atoms with Gasteiger partial charge in [0.15, 0.2) is 29.8 Å². The van der Waals surface area contributed by atoms with Crippen molar-refractivity contribution in [2.75, 3.05) is 36.5 Å². The third-order valence-electron chi connectivity index (χ3n) is 6.84. The van der Waals surface area contributed by atoms with Gasteiger partial charge in [-0.15, -0.1) is 0 Å². The summed E-state index contributed by atoms with van der Waals surface area (Å²) < 4.78 is 14.1. The number of nitrogens with zero attached hydrogens (tertiary/aromatic N) is 6. The zero-order chi connectivity index (χ0) is 26.2. The molecule has 0 spiro atoms. The van der Waals surface area contributed by atoms with Gasteiger partial charge in [0, 0.05) is 43.5 Å². The number of ether oxygens (including phenoxy) is 2. The molecule has 1 unspecified atom stereocenters. The number of piperazine rings is 1. The van der Waals surface area contributed by atoms with E-state index in [9.17, 15) is 4.79 Å². The molecule has 2 aliphatic heterocycles. The number of anilines is 3. The molecule has 0 radical (unpaired) electrons. The lowest BCUT2D eigenvalue weighted by atomic mass is 10.1. The standard InChI is InChI=1S/C28H28N7O3/c1-4-25(36)35-12-11-34-15-20(35)16-37-24-14-22-26(32-28(24)34)27(30-17-29-22)31-19-5-6-23(18(2)13-19)38-21-7-9-33(3)10-8-21/h4-10,13-14,17,20H,1,11-12,15-16H2,2-3H3,(H,29,30,31)/q+1. The number of rotatable bonds is 5. The maximum Gasteiger partial charge on any atom is 0.246 e. The van der Waals surface area contributed by atoms with Gasteiger partial charge in [-0.2, -0.15) is 0 Å². The highest BCUT2D eigenvalue weighted by atomic mass is 16.5. The zero-order valence-electron chi connectivity index (χ0n) is 21.3. The minimum atomic E-state index is -0.0794. The summed E-state index contributed by atoms with van der Waals surface area (Å²) in [6.07, 6.45) is 6.76. The highest BCUT2D eigenvalue weighted by Gasteiger charge is 2.34. The largest absolute Gasteiger partial charge is 0.487 e. The Morgan fingerprint density at radius 3 is 2.84 bits per heavy atom. The molecule has 1 saturated heterocycles. The summed E-state index contributed by atoms with van der Waals surface area (Å²) in [7, 11) is 1.97. The number of carbonyl (C=O) groups excluding carboxylic acids is 1. The van der Waals surface area contributed by atoms with Gasteiger partial charge in [-0.25, -0.2) is 19.5 Å². The van der Waals surface area contributed by atoms with Gasteiger partial charge in [0.25, 0.3) is 0 Å². The summed E-state index contributed by atoms with van der Waals surface area (Å²) in [4.78, 5) is 30.1. The third-order valence-corrected chi connectivity index (χ3v) is 6.84. The predicted octanol–water partition coefficient (Wildman–Crippen LogP) is 3.29. The van der Waals surface area contributed by atoms with Crippen molar-refractivity contribution in [3.8, 4) is 17.2 Å². The first-order valence-electron chi connectivity index (χ1n) is 12.5. The van der Waals surface area contributed by atoms with Crippen molar-refractivity contribution < 1.29 is 18.8 Å². The first kappa shape index (κ1) is 23.7. The van der Waals surface area contributed by atoms with Crippen LogP contribution in [0.15, 0.2) is 67.8 Å². The van der Waals surface area contributed by atoms with Gasteiger partial charge >= 0.3 is 0 Å². The van der Waals surface area contributed by atoms with Gasteiger partial charge in [-0.05, 0) is 36.8 Å². The number of fused-ring (bicyclic) bond motifs is 5. The van der Waals surface area contributed by atoms with Crippen molar-refractivity contribution in [1.29, 1.82) is 0 Å². The van der Waals surface area contributed by atoms with E-state index in [1.165, 1.54) is 12.4 Å². The molecule has 10 nitrogen and oxygen atoms in total. The van der Waals surface area contributed by atoms with Crippen LogP contribution in [0.3, 0.4) is 0 Å². The van der Waals surface area contributed by atoms with Crippen molar-refractivity contribution in [3.63, 3.8) is 0 Å². The minimum Gasteiger partial charge on any atom is -0.487 e. The van der Waals surface area contributed by atoms with Gasteiger partial charge in [0.05, 0.1) is 11.6 Å². The van der Waals surface area contributed by atoms with Gasteiger partial charge in [0.2, 0.25) is 5.91 Å². The van der Waals surface area contributed by atoms with Crippen molar-refractivity contribution in [2.24, 2.45) is 7.05 Å². The molecular formula is C28H28N7O3+. The van der Waals surface area contributed by atoms with Crippen LogP contribution in [0.1, 0.15) is 5.56 Å². The van der Waals surface area contributed by atoms with Crippen LogP contribution in [0, 0.1) is 6.92 Å². The molecule has 4 aromatic rings. The number of carbonyl (C=O) groups is 1. The fraction of sp³-hybridized carbons (Fsp3) is 0.250. The molecule has 5 heterocycles. The molecule has 192 valence electrons. The molecule has 6 rings (SSSR count). The highest BCUT2D eigenvalue weighted by Crippen LogP contribution is 2.36. The Hall–Kier alpha value is -4.73. The van der Waals surface area contributed by atoms with Crippen LogP contribution in [0.25, 0.3) is 11.0 Å². The summed E-state index contributed by atoms with van der Waals surface area (Å²) in [6, 6.07) is 11.6. The van der Waals surface area contributed by atoms with Crippen molar-refractivity contribution >= 4 is 34.3 Å². The molecule has 1 aromatic carbocycles. The number of pyridine rings is 2. The Bertz CT molecular complexity index is 1540. The predicted molar refractivity (Wildman–Crippen MR) is 143 cm³/mol. The lowest BCUT2D eigenvalue weighted by molar-refractivity contribution is -0.671. The number of benzene rings is 1. The molecule has 0 saturated carbocycles. The van der Waals surface area contributed by atoms with Crippen LogP contribution in [-0.4, -0.2) is 58.0 Å². The van der Waals surface area contributed by atoms with Crippen LogP contribution in [0.2, 0.25) is 0 Å². The molecule has 10 heteroatoms. The Labute approximate surface area is 220 Å². The molecule has 38 heavy (non-hydrogen) atoms. The van der Waals surface area contributed by atoms with E-state index in [-0.39, 0.29) is 11.9 Å². The highest BCUT2D eigenvalue weighted by molar-refractivity contribution is 5.90. The van der Waals surface area contributed by atoms with E-state index in [0.29, 0.717) is 48.8 Å². The van der Waals surface area contributed by atoms with Crippen LogP contribution in [0.5, 0.6) is 17.2 Å². The number of aromatic nitrogens is 4. The average Bonchev–Trinajstić information content (AvgIpc) is 3.06. The number of aryl methyl sites for hydroxylation is 2. The summed E-state index contributed by atoms with van der Waals surface area (Å²) in [6.45, 7) is 7.91.